The van der Waals surface area contributed by atoms with Crippen LogP contribution in [0, 0.1) is 5.41 Å². The molecule has 0 radical (unpaired) electrons. The highest BCUT2D eigenvalue weighted by atomic mass is 16.1. The highest BCUT2D eigenvalue weighted by Crippen LogP contribution is 2.24. The molecule has 0 saturated carbocycles. The number of carbonyl (C=O) groups excluding carboxylic acids is 1. The molecule has 0 aliphatic heterocycles. The third-order valence-electron chi connectivity index (χ3n) is 2.16. The third kappa shape index (κ3) is 3.57. The second-order valence-electron chi connectivity index (χ2n) is 4.51. The first-order valence-electron chi connectivity index (χ1n) is 5.03. The smallest absolute Gasteiger partial charge is 0.128 e. The number of hydrogen-bond acceptors (Lipinski definition) is 1. The minimum atomic E-state index is -0.146. The first kappa shape index (κ1) is 11.5. The maximum Gasteiger partial charge on any atom is 0.128 e. The normalized spacial score (nSPS) is 11.4. The molecule has 0 bridgehead atoms. The summed E-state index contributed by atoms with van der Waals surface area (Å²) in [4.78, 5) is 10.8. The van der Waals surface area contributed by atoms with Crippen LogP contribution in [0.2, 0.25) is 0 Å². The molecule has 1 aromatic carbocycles. The molecule has 1 nitrogen and oxygen atoms in total. The van der Waals surface area contributed by atoms with Crippen LogP contribution in [-0.2, 0) is 4.79 Å². The Kier molecular flexibility index (Phi) is 3.65. The summed E-state index contributed by atoms with van der Waals surface area (Å²) in [6.45, 7) is 6.01. The SMILES string of the molecule is CC(C)(C)C(=C=O)/C=C/c1ccccc1. The van der Waals surface area contributed by atoms with Gasteiger partial charge >= 0.3 is 0 Å². The van der Waals surface area contributed by atoms with Gasteiger partial charge in [0.1, 0.15) is 5.94 Å². The molecule has 0 unspecified atom stereocenters. The lowest BCUT2D eigenvalue weighted by Gasteiger charge is -2.16. The zero-order chi connectivity index (χ0) is 11.3. The zero-order valence-electron chi connectivity index (χ0n) is 9.45. The van der Waals surface area contributed by atoms with Crippen molar-refractivity contribution in [2.75, 3.05) is 0 Å². The highest BCUT2D eigenvalue weighted by molar-refractivity contribution is 5.65. The Hall–Kier alpha value is -1.59. The van der Waals surface area contributed by atoms with E-state index in [0.29, 0.717) is 5.57 Å². The van der Waals surface area contributed by atoms with Crippen molar-refractivity contribution in [3.05, 3.63) is 47.5 Å². The van der Waals surface area contributed by atoms with Crippen molar-refractivity contribution < 1.29 is 4.79 Å². The predicted octanol–water partition coefficient (Wildman–Crippen LogP) is 3.50. The van der Waals surface area contributed by atoms with Crippen LogP contribution in [0.3, 0.4) is 0 Å². The molecule has 0 spiro atoms. The van der Waals surface area contributed by atoms with Gasteiger partial charge in [0.2, 0.25) is 0 Å². The van der Waals surface area contributed by atoms with Gasteiger partial charge in [0.25, 0.3) is 0 Å². The molecule has 0 amide bonds. The van der Waals surface area contributed by atoms with Crippen LogP contribution in [0.15, 0.2) is 42.0 Å². The van der Waals surface area contributed by atoms with E-state index in [2.05, 4.69) is 0 Å². The summed E-state index contributed by atoms with van der Waals surface area (Å²) in [5, 5.41) is 0. The van der Waals surface area contributed by atoms with E-state index in [4.69, 9.17) is 0 Å². The van der Waals surface area contributed by atoms with Gasteiger partial charge in [-0.25, -0.2) is 4.79 Å². The Bertz CT molecular complexity index is 387. The van der Waals surface area contributed by atoms with Gasteiger partial charge in [-0.1, -0.05) is 57.2 Å². The number of hydrogen-bond donors (Lipinski definition) is 0. The Morgan fingerprint density at radius 3 is 2.27 bits per heavy atom. The van der Waals surface area contributed by atoms with Crippen molar-refractivity contribution >= 4 is 12.0 Å². The van der Waals surface area contributed by atoms with Crippen LogP contribution in [0.5, 0.6) is 0 Å². The average Bonchev–Trinajstić information content (AvgIpc) is 2.18. The fourth-order valence-electron chi connectivity index (χ4n) is 1.18. The van der Waals surface area contributed by atoms with Crippen LogP contribution in [0.4, 0.5) is 0 Å². The van der Waals surface area contributed by atoms with Gasteiger partial charge in [0.15, 0.2) is 0 Å². The topological polar surface area (TPSA) is 17.1 Å². The standard InChI is InChI=1S/C14H16O/c1-14(2,3)13(11-15)10-9-12-7-5-4-6-8-12/h4-10H,1-3H3/b10-9+. The van der Waals surface area contributed by atoms with Gasteiger partial charge < -0.3 is 0 Å². The second kappa shape index (κ2) is 4.77. The van der Waals surface area contributed by atoms with E-state index in [1.54, 1.807) is 0 Å². The monoisotopic (exact) mass is 200 g/mol. The van der Waals surface area contributed by atoms with Gasteiger partial charge in [0.05, 0.1) is 0 Å². The Morgan fingerprint density at radius 1 is 1.20 bits per heavy atom. The summed E-state index contributed by atoms with van der Waals surface area (Å²) in [6.07, 6.45) is 3.77. The molecule has 0 saturated heterocycles. The lowest BCUT2D eigenvalue weighted by molar-refractivity contribution is 0.509. The first-order valence-corrected chi connectivity index (χ1v) is 5.03. The first-order chi connectivity index (χ1) is 7.04. The maximum absolute atomic E-state index is 10.8. The van der Waals surface area contributed by atoms with E-state index >= 15 is 0 Å². The molecule has 15 heavy (non-hydrogen) atoms. The molecule has 0 N–H and O–H groups in total. The van der Waals surface area contributed by atoms with Crippen molar-refractivity contribution in [2.24, 2.45) is 5.41 Å². The minimum Gasteiger partial charge on any atom is -0.233 e. The number of rotatable bonds is 2. The van der Waals surface area contributed by atoms with Gasteiger partial charge in [0, 0.05) is 5.57 Å². The third-order valence-corrected chi connectivity index (χ3v) is 2.16. The van der Waals surface area contributed by atoms with Crippen molar-refractivity contribution in [1.29, 1.82) is 0 Å². The lowest BCUT2D eigenvalue weighted by Crippen LogP contribution is -2.07. The van der Waals surface area contributed by atoms with E-state index < -0.39 is 0 Å². The quantitative estimate of drug-likeness (QED) is 0.527. The van der Waals surface area contributed by atoms with Gasteiger partial charge in [-0.2, -0.15) is 0 Å². The van der Waals surface area contributed by atoms with E-state index in [1.807, 2.05) is 69.2 Å². The van der Waals surface area contributed by atoms with Gasteiger partial charge in [-0.15, -0.1) is 0 Å². The maximum atomic E-state index is 10.8. The van der Waals surface area contributed by atoms with Crippen LogP contribution in [-0.4, -0.2) is 5.94 Å². The molecule has 0 atom stereocenters. The molecule has 0 aliphatic rings. The highest BCUT2D eigenvalue weighted by Gasteiger charge is 2.15. The molecule has 78 valence electrons. The Labute approximate surface area is 91.1 Å². The Morgan fingerprint density at radius 2 is 1.80 bits per heavy atom. The summed E-state index contributed by atoms with van der Waals surface area (Å²) in [6, 6.07) is 9.92. The van der Waals surface area contributed by atoms with E-state index in [0.717, 1.165) is 5.56 Å². The second-order valence-corrected chi connectivity index (χ2v) is 4.51. The van der Waals surface area contributed by atoms with Crippen LogP contribution in [0.25, 0.3) is 6.08 Å². The minimum absolute atomic E-state index is 0.146. The molecule has 1 aromatic rings. The number of allylic oxidation sites excluding steroid dienone is 2. The van der Waals surface area contributed by atoms with Crippen LogP contribution in [0.1, 0.15) is 26.3 Å². The van der Waals surface area contributed by atoms with Crippen molar-refractivity contribution in [1.82, 2.24) is 0 Å². The van der Waals surface area contributed by atoms with Crippen molar-refractivity contribution in [3.8, 4) is 0 Å². The molecule has 0 aromatic heterocycles. The fourth-order valence-corrected chi connectivity index (χ4v) is 1.18. The zero-order valence-corrected chi connectivity index (χ0v) is 9.45. The summed E-state index contributed by atoms with van der Waals surface area (Å²) in [5.74, 6) is 1.99. The molecular weight excluding hydrogens is 184 g/mol. The molecule has 0 aliphatic carbocycles. The molecule has 1 rings (SSSR count). The largest absolute Gasteiger partial charge is 0.233 e. The summed E-state index contributed by atoms with van der Waals surface area (Å²) >= 11 is 0. The molecule has 1 heteroatoms. The molecular formula is C14H16O. The van der Waals surface area contributed by atoms with Gasteiger partial charge in [-0.3, -0.25) is 0 Å². The average molecular weight is 200 g/mol. The van der Waals surface area contributed by atoms with Crippen molar-refractivity contribution in [2.45, 2.75) is 20.8 Å². The lowest BCUT2D eigenvalue weighted by atomic mass is 9.87. The predicted molar refractivity (Wildman–Crippen MR) is 64.1 cm³/mol. The van der Waals surface area contributed by atoms with E-state index in [-0.39, 0.29) is 5.41 Å². The van der Waals surface area contributed by atoms with E-state index in [1.165, 1.54) is 0 Å². The Balaban J connectivity index is 2.87. The van der Waals surface area contributed by atoms with E-state index in [9.17, 15) is 4.79 Å². The van der Waals surface area contributed by atoms with Crippen LogP contribution >= 0.6 is 0 Å². The molecule has 0 fully saturated rings. The van der Waals surface area contributed by atoms with Crippen molar-refractivity contribution in [3.63, 3.8) is 0 Å². The summed E-state index contributed by atoms with van der Waals surface area (Å²) in [7, 11) is 0. The van der Waals surface area contributed by atoms with Crippen LogP contribution < -0.4 is 0 Å². The summed E-state index contributed by atoms with van der Waals surface area (Å²) < 4.78 is 0. The summed E-state index contributed by atoms with van der Waals surface area (Å²) in [5.41, 5.74) is 1.63. The number of benzene rings is 1. The molecule has 0 heterocycles. The fraction of sp³-hybridized carbons (Fsp3) is 0.286. The van der Waals surface area contributed by atoms with Gasteiger partial charge in [-0.05, 0) is 17.1 Å².